The summed E-state index contributed by atoms with van der Waals surface area (Å²) in [7, 11) is 0. The van der Waals surface area contributed by atoms with Crippen LogP contribution in [0.1, 0.15) is 22.3 Å². The van der Waals surface area contributed by atoms with Crippen molar-refractivity contribution in [2.75, 3.05) is 0 Å². The summed E-state index contributed by atoms with van der Waals surface area (Å²) in [5.41, 5.74) is 15.3. The van der Waals surface area contributed by atoms with Crippen LogP contribution in [-0.4, -0.2) is 0 Å². The average molecular weight is 503 g/mol. The van der Waals surface area contributed by atoms with Crippen LogP contribution in [0.5, 0.6) is 0 Å². The normalized spacial score (nSPS) is 13.6. The predicted octanol–water partition coefficient (Wildman–Crippen LogP) is 10.0. The van der Waals surface area contributed by atoms with Crippen molar-refractivity contribution in [3.63, 3.8) is 0 Å². The molecule has 0 radical (unpaired) electrons. The molecule has 0 N–H and O–H groups in total. The molecule has 0 aromatic heterocycles. The molecule has 1 heteroatoms. The quantitative estimate of drug-likeness (QED) is 0.220. The summed E-state index contributed by atoms with van der Waals surface area (Å²) in [5.74, 6) is 0. The van der Waals surface area contributed by atoms with Crippen LogP contribution in [0.15, 0.2) is 140 Å². The molecule has 0 amide bonds. The lowest BCUT2D eigenvalue weighted by Crippen LogP contribution is -2.26. The van der Waals surface area contributed by atoms with Crippen LogP contribution < -0.4 is 0 Å². The van der Waals surface area contributed by atoms with Crippen molar-refractivity contribution >= 4 is 11.6 Å². The number of rotatable bonds is 2. The number of hydrogen-bond donors (Lipinski definition) is 0. The summed E-state index contributed by atoms with van der Waals surface area (Å²) in [4.78, 5) is 0. The summed E-state index contributed by atoms with van der Waals surface area (Å²) < 4.78 is 0. The Balaban J connectivity index is 1.47. The van der Waals surface area contributed by atoms with E-state index in [0.29, 0.717) is 0 Å². The minimum absolute atomic E-state index is 0.355. The van der Waals surface area contributed by atoms with Gasteiger partial charge in [0.15, 0.2) is 0 Å². The fourth-order valence-electron chi connectivity index (χ4n) is 6.90. The first-order chi connectivity index (χ1) is 18.8. The molecule has 1 spiro atoms. The van der Waals surface area contributed by atoms with E-state index in [4.69, 9.17) is 11.6 Å². The van der Waals surface area contributed by atoms with E-state index in [9.17, 15) is 0 Å². The van der Waals surface area contributed by atoms with Crippen LogP contribution in [0.4, 0.5) is 0 Å². The van der Waals surface area contributed by atoms with Crippen LogP contribution in [-0.2, 0) is 5.41 Å². The van der Waals surface area contributed by atoms with E-state index in [1.54, 1.807) is 0 Å². The highest BCUT2D eigenvalue weighted by Crippen LogP contribution is 2.64. The second-order valence-corrected chi connectivity index (χ2v) is 10.6. The van der Waals surface area contributed by atoms with E-state index in [2.05, 4.69) is 127 Å². The van der Waals surface area contributed by atoms with Gasteiger partial charge in [0.25, 0.3) is 0 Å². The van der Waals surface area contributed by atoms with Crippen LogP contribution in [0, 0.1) is 0 Å². The molecule has 6 aromatic carbocycles. The Morgan fingerprint density at radius 1 is 0.368 bits per heavy atom. The fraction of sp³-hybridized carbons (Fsp3) is 0.0270. The molecule has 0 bridgehead atoms. The van der Waals surface area contributed by atoms with Gasteiger partial charge in [-0.25, -0.2) is 0 Å². The van der Waals surface area contributed by atoms with Crippen molar-refractivity contribution in [1.82, 2.24) is 0 Å². The third kappa shape index (κ3) is 2.81. The Hall–Kier alpha value is -4.39. The largest absolute Gasteiger partial charge is 0.0843 e. The fourth-order valence-corrected chi connectivity index (χ4v) is 7.03. The Morgan fingerprint density at radius 2 is 0.842 bits per heavy atom. The number of benzene rings is 6. The van der Waals surface area contributed by atoms with Crippen molar-refractivity contribution in [1.29, 1.82) is 0 Å². The molecular weight excluding hydrogens is 480 g/mol. The maximum atomic E-state index is 6.19. The molecule has 0 heterocycles. The molecule has 0 fully saturated rings. The molecule has 0 saturated heterocycles. The summed E-state index contributed by atoms with van der Waals surface area (Å²) in [6.45, 7) is 0. The second kappa shape index (κ2) is 8.05. The van der Waals surface area contributed by atoms with Crippen LogP contribution in [0.25, 0.3) is 44.5 Å². The highest BCUT2D eigenvalue weighted by molar-refractivity contribution is 6.30. The van der Waals surface area contributed by atoms with Crippen LogP contribution >= 0.6 is 11.6 Å². The van der Waals surface area contributed by atoms with E-state index in [0.717, 1.165) is 5.02 Å². The zero-order valence-corrected chi connectivity index (χ0v) is 21.4. The SMILES string of the molecule is Clc1ccc(-c2cccc(-c3cccc4c3C3(c5ccccc5-c5ccccc53)c3ccccc3-4)c2)cc1. The molecule has 0 atom stereocenters. The molecule has 0 aliphatic heterocycles. The number of fused-ring (bicyclic) bond motifs is 10. The van der Waals surface area contributed by atoms with Crippen molar-refractivity contribution in [2.24, 2.45) is 0 Å². The highest BCUT2D eigenvalue weighted by Gasteiger charge is 2.52. The summed E-state index contributed by atoms with van der Waals surface area (Å²) in [6, 6.07) is 50.8. The Labute approximate surface area is 227 Å². The lowest BCUT2D eigenvalue weighted by atomic mass is 9.68. The van der Waals surface area contributed by atoms with Crippen molar-refractivity contribution < 1.29 is 0 Å². The maximum absolute atomic E-state index is 6.19. The van der Waals surface area contributed by atoms with Crippen molar-refractivity contribution in [2.45, 2.75) is 5.41 Å². The van der Waals surface area contributed by atoms with Gasteiger partial charge in [-0.3, -0.25) is 0 Å². The zero-order valence-electron chi connectivity index (χ0n) is 20.7. The lowest BCUT2D eigenvalue weighted by molar-refractivity contribution is 0.796. The van der Waals surface area contributed by atoms with Gasteiger partial charge in [-0.2, -0.15) is 0 Å². The lowest BCUT2D eigenvalue weighted by Gasteiger charge is -2.32. The van der Waals surface area contributed by atoms with Gasteiger partial charge in [0.1, 0.15) is 0 Å². The number of halogens is 1. The van der Waals surface area contributed by atoms with E-state index < -0.39 is 0 Å². The Kier molecular flexibility index (Phi) is 4.59. The topological polar surface area (TPSA) is 0 Å². The molecular formula is C37H23Cl. The van der Waals surface area contributed by atoms with Crippen molar-refractivity contribution in [3.05, 3.63) is 167 Å². The monoisotopic (exact) mass is 502 g/mol. The Morgan fingerprint density at radius 3 is 1.47 bits per heavy atom. The van der Waals surface area contributed by atoms with Gasteiger partial charge in [-0.15, -0.1) is 0 Å². The van der Waals surface area contributed by atoms with Crippen LogP contribution in [0.3, 0.4) is 0 Å². The first kappa shape index (κ1) is 21.7. The van der Waals surface area contributed by atoms with E-state index in [-0.39, 0.29) is 5.41 Å². The zero-order chi connectivity index (χ0) is 25.3. The van der Waals surface area contributed by atoms with E-state index >= 15 is 0 Å². The predicted molar refractivity (Wildman–Crippen MR) is 159 cm³/mol. The standard InChI is InChI=1S/C37H23Cl/c38-27-21-19-24(20-22-27)25-9-7-10-26(23-25)28-14-8-15-32-31-13-3-6-18-35(31)37(36(28)32)33-16-4-1-11-29(33)30-12-2-5-17-34(30)37/h1-23H. The first-order valence-electron chi connectivity index (χ1n) is 13.1. The summed E-state index contributed by atoms with van der Waals surface area (Å²) >= 11 is 6.19. The molecule has 38 heavy (non-hydrogen) atoms. The summed E-state index contributed by atoms with van der Waals surface area (Å²) in [5, 5.41) is 0.754. The van der Waals surface area contributed by atoms with Gasteiger partial charge in [0.2, 0.25) is 0 Å². The van der Waals surface area contributed by atoms with E-state index in [1.165, 1.54) is 66.8 Å². The number of hydrogen-bond acceptors (Lipinski definition) is 0. The molecule has 8 rings (SSSR count). The van der Waals surface area contributed by atoms with Crippen molar-refractivity contribution in [3.8, 4) is 44.5 Å². The molecule has 2 aliphatic rings. The molecule has 0 nitrogen and oxygen atoms in total. The van der Waals surface area contributed by atoms with Gasteiger partial charge in [-0.1, -0.05) is 133 Å². The van der Waals surface area contributed by atoms with Crippen LogP contribution in [0.2, 0.25) is 5.02 Å². The summed E-state index contributed by atoms with van der Waals surface area (Å²) in [6.07, 6.45) is 0. The second-order valence-electron chi connectivity index (χ2n) is 10.2. The third-order valence-electron chi connectivity index (χ3n) is 8.36. The van der Waals surface area contributed by atoms with Gasteiger partial charge >= 0.3 is 0 Å². The average Bonchev–Trinajstić information content (AvgIpc) is 3.45. The minimum Gasteiger partial charge on any atom is -0.0843 e. The molecule has 2 aliphatic carbocycles. The molecule has 0 unspecified atom stereocenters. The van der Waals surface area contributed by atoms with Gasteiger partial charge in [0, 0.05) is 5.02 Å². The van der Waals surface area contributed by atoms with Gasteiger partial charge < -0.3 is 0 Å². The first-order valence-corrected chi connectivity index (χ1v) is 13.4. The highest BCUT2D eigenvalue weighted by atomic mass is 35.5. The third-order valence-corrected chi connectivity index (χ3v) is 8.62. The maximum Gasteiger partial charge on any atom is 0.0731 e. The van der Waals surface area contributed by atoms with Gasteiger partial charge in [0.05, 0.1) is 5.41 Å². The molecule has 6 aromatic rings. The van der Waals surface area contributed by atoms with E-state index in [1.807, 2.05) is 12.1 Å². The Bertz CT molecular complexity index is 1810. The van der Waals surface area contributed by atoms with Gasteiger partial charge in [-0.05, 0) is 85.0 Å². The molecule has 178 valence electrons. The molecule has 0 saturated carbocycles. The minimum atomic E-state index is -0.355. The smallest absolute Gasteiger partial charge is 0.0731 e.